The number of carbonyl (C=O) groups is 2. The summed E-state index contributed by atoms with van der Waals surface area (Å²) in [6, 6.07) is 9.65. The molecule has 1 fully saturated rings. The van der Waals surface area contributed by atoms with Crippen molar-refractivity contribution in [1.82, 2.24) is 14.6 Å². The number of carbonyl (C=O) groups excluding carboxylic acids is 2. The van der Waals surface area contributed by atoms with Gasteiger partial charge < -0.3 is 19.0 Å². The Labute approximate surface area is 224 Å². The van der Waals surface area contributed by atoms with Crippen LogP contribution in [-0.2, 0) is 27.3 Å². The van der Waals surface area contributed by atoms with Gasteiger partial charge >= 0.3 is 5.97 Å². The summed E-state index contributed by atoms with van der Waals surface area (Å²) in [6.45, 7) is 4.39. The molecule has 9 nitrogen and oxygen atoms in total. The molecule has 3 aromatic rings. The summed E-state index contributed by atoms with van der Waals surface area (Å²) in [5.41, 5.74) is 4.14. The van der Waals surface area contributed by atoms with E-state index in [4.69, 9.17) is 14.1 Å². The van der Waals surface area contributed by atoms with Crippen molar-refractivity contribution in [2.75, 3.05) is 20.2 Å². The number of esters is 1. The van der Waals surface area contributed by atoms with Crippen LogP contribution in [0.2, 0.25) is 0 Å². The third kappa shape index (κ3) is 6.56. The predicted molar refractivity (Wildman–Crippen MR) is 144 cm³/mol. The Morgan fingerprint density at radius 3 is 2.66 bits per heavy atom. The van der Waals surface area contributed by atoms with E-state index in [9.17, 15) is 18.4 Å². The Bertz CT molecular complexity index is 1360. The lowest BCUT2D eigenvalue weighted by atomic mass is 10.0. The first-order chi connectivity index (χ1) is 18.3. The van der Waals surface area contributed by atoms with Crippen molar-refractivity contribution >= 4 is 34.2 Å². The maximum absolute atomic E-state index is 12.9. The molecule has 202 valence electrons. The highest BCUT2D eigenvalue weighted by molar-refractivity contribution is 7.76. The molecule has 1 aliphatic rings. The number of benzene rings is 1. The van der Waals surface area contributed by atoms with E-state index in [1.807, 2.05) is 37.3 Å². The number of aromatic nitrogens is 1. The number of allylic oxidation sites excluding steroid dienone is 1. The van der Waals surface area contributed by atoms with Gasteiger partial charge in [0.2, 0.25) is 5.71 Å². The number of unbranched alkanes of at least 4 members (excludes halogenated alkanes) is 1. The van der Waals surface area contributed by atoms with Gasteiger partial charge in [-0.25, -0.2) is 14.1 Å². The zero-order valence-electron chi connectivity index (χ0n) is 21.8. The van der Waals surface area contributed by atoms with Crippen LogP contribution in [-0.4, -0.2) is 50.1 Å². The Balaban J connectivity index is 1.64. The number of furan rings is 1. The minimum atomic E-state index is -2.46. The molecular formula is C28H32N3O6S-. The number of nitrogens with zero attached hydrogens (tertiary/aromatic N) is 2. The van der Waals surface area contributed by atoms with Crippen LogP contribution in [0.1, 0.15) is 65.7 Å². The van der Waals surface area contributed by atoms with Crippen molar-refractivity contribution in [1.29, 1.82) is 0 Å². The Morgan fingerprint density at radius 2 is 2.03 bits per heavy atom. The molecule has 4 rings (SSSR count). The first-order valence-corrected chi connectivity index (χ1v) is 13.8. The minimum absolute atomic E-state index is 0.0926. The molecule has 10 heteroatoms. The van der Waals surface area contributed by atoms with Gasteiger partial charge in [-0.2, -0.15) is 0 Å². The number of ether oxygens (including phenoxy) is 1. The van der Waals surface area contributed by atoms with E-state index in [0.29, 0.717) is 47.6 Å². The largest absolute Gasteiger partial charge is 0.760 e. The smallest absolute Gasteiger partial charge is 0.330 e. The lowest BCUT2D eigenvalue weighted by molar-refractivity contribution is -0.137. The molecule has 1 atom stereocenters. The van der Waals surface area contributed by atoms with Crippen LogP contribution in [0, 0.1) is 6.92 Å². The fraction of sp³-hybridized carbons (Fsp3) is 0.393. The van der Waals surface area contributed by atoms with Crippen LogP contribution in [0.4, 0.5) is 0 Å². The van der Waals surface area contributed by atoms with Crippen LogP contribution in [0.15, 0.2) is 46.9 Å². The third-order valence-corrected chi connectivity index (χ3v) is 7.17. The average Bonchev–Trinajstić information content (AvgIpc) is 3.67. The second-order valence-electron chi connectivity index (χ2n) is 9.28. The third-order valence-electron chi connectivity index (χ3n) is 6.44. The van der Waals surface area contributed by atoms with Gasteiger partial charge in [-0.3, -0.25) is 9.00 Å². The van der Waals surface area contributed by atoms with Crippen LogP contribution in [0.3, 0.4) is 0 Å². The van der Waals surface area contributed by atoms with E-state index in [-0.39, 0.29) is 24.9 Å². The molecule has 0 bridgehead atoms. The van der Waals surface area contributed by atoms with Gasteiger partial charge in [-0.05, 0) is 57.1 Å². The second kappa shape index (κ2) is 12.5. The van der Waals surface area contributed by atoms with Crippen molar-refractivity contribution in [2.24, 2.45) is 0 Å². The lowest BCUT2D eigenvalue weighted by Gasteiger charge is -2.24. The second-order valence-corrected chi connectivity index (χ2v) is 10.2. The number of nitrogens with one attached hydrogen (secondary N) is 1. The van der Waals surface area contributed by atoms with Crippen molar-refractivity contribution < 1.29 is 27.5 Å². The molecule has 2 aromatic heterocycles. The van der Waals surface area contributed by atoms with E-state index < -0.39 is 17.2 Å². The summed E-state index contributed by atoms with van der Waals surface area (Å²) in [7, 11) is 1.58. The Hall–Kier alpha value is -3.34. The molecule has 38 heavy (non-hydrogen) atoms. The lowest BCUT2D eigenvalue weighted by Crippen LogP contribution is -2.27. The number of aryl methyl sites for hydroxylation is 1. The topological polar surface area (TPSA) is 125 Å². The molecule has 0 spiro atoms. The van der Waals surface area contributed by atoms with Crippen molar-refractivity contribution in [3.63, 3.8) is 0 Å². The molecule has 1 aliphatic carbocycles. The Morgan fingerprint density at radius 1 is 1.29 bits per heavy atom. The zero-order chi connectivity index (χ0) is 27.2. The number of rotatable bonds is 12. The fourth-order valence-corrected chi connectivity index (χ4v) is 4.84. The quantitative estimate of drug-likeness (QED) is 0.155. The standard InChI is InChI=1S/C28H33N3O6S/c1-4-36-24(32)8-6-5-7-15-31(38(34)35)17-23-21(19-13-14-19)16-22-25(27(33)29-3)26(37-28(22)30-23)20-11-9-18(2)10-12-20/h6,8-12,16,19H,4-5,7,13-15,17H2,1-3H3,(H,29,33)(H,34,35)/p-1/b8-6+. The van der Waals surface area contributed by atoms with E-state index in [1.54, 1.807) is 20.0 Å². The highest BCUT2D eigenvalue weighted by Gasteiger charge is 2.31. The number of fused-ring (bicyclic) bond motifs is 1. The zero-order valence-corrected chi connectivity index (χ0v) is 22.6. The van der Waals surface area contributed by atoms with E-state index in [1.165, 1.54) is 10.4 Å². The van der Waals surface area contributed by atoms with Crippen molar-refractivity contribution in [2.45, 2.75) is 52.0 Å². The molecule has 1 amide bonds. The summed E-state index contributed by atoms with van der Waals surface area (Å²) >= 11 is -2.46. The fourth-order valence-electron chi connectivity index (χ4n) is 4.34. The predicted octanol–water partition coefficient (Wildman–Crippen LogP) is 4.54. The summed E-state index contributed by atoms with van der Waals surface area (Å²) in [6.07, 6.45) is 6.06. The Kier molecular flexibility index (Phi) is 9.09. The average molecular weight is 539 g/mol. The maximum Gasteiger partial charge on any atom is 0.330 e. The first kappa shape index (κ1) is 27.7. The van der Waals surface area contributed by atoms with Crippen LogP contribution < -0.4 is 5.32 Å². The monoisotopic (exact) mass is 538 g/mol. The van der Waals surface area contributed by atoms with E-state index >= 15 is 0 Å². The molecule has 2 heterocycles. The highest BCUT2D eigenvalue weighted by Crippen LogP contribution is 2.44. The van der Waals surface area contributed by atoms with Gasteiger partial charge in [-0.15, -0.1) is 0 Å². The molecule has 1 N–H and O–H groups in total. The molecule has 0 radical (unpaired) electrons. The summed E-state index contributed by atoms with van der Waals surface area (Å²) in [5, 5.41) is 3.32. The van der Waals surface area contributed by atoms with Gasteiger partial charge in [0.15, 0.2) is 0 Å². The van der Waals surface area contributed by atoms with E-state index in [2.05, 4.69) is 5.32 Å². The van der Waals surface area contributed by atoms with Gasteiger partial charge in [0.1, 0.15) is 5.76 Å². The van der Waals surface area contributed by atoms with Crippen molar-refractivity contribution in [3.05, 3.63) is 64.9 Å². The van der Waals surface area contributed by atoms with Gasteiger partial charge in [-0.1, -0.05) is 35.9 Å². The summed E-state index contributed by atoms with van der Waals surface area (Å²) in [4.78, 5) is 29.1. The molecule has 0 aliphatic heterocycles. The molecule has 1 saturated carbocycles. The first-order valence-electron chi connectivity index (χ1n) is 12.7. The van der Waals surface area contributed by atoms with Crippen molar-refractivity contribution in [3.8, 4) is 11.3 Å². The highest BCUT2D eigenvalue weighted by atomic mass is 32.2. The number of amides is 1. The van der Waals surface area contributed by atoms with Gasteiger partial charge in [0.05, 0.1) is 29.8 Å². The van der Waals surface area contributed by atoms with E-state index in [0.717, 1.165) is 29.5 Å². The normalized spacial score (nSPS) is 14.3. The van der Waals surface area contributed by atoms with Gasteiger partial charge in [0, 0.05) is 36.5 Å². The van der Waals surface area contributed by atoms with Crippen LogP contribution in [0.25, 0.3) is 22.4 Å². The van der Waals surface area contributed by atoms with Crippen LogP contribution >= 0.6 is 0 Å². The molecule has 0 saturated heterocycles. The number of hydrogen-bond acceptors (Lipinski definition) is 7. The number of pyridine rings is 1. The SMILES string of the molecule is CCOC(=O)/C=C/CCCN(Cc1nc2oc(-c3ccc(C)cc3)c(C(=O)NC)c2cc1C1CC1)S(=O)[O-]. The minimum Gasteiger partial charge on any atom is -0.760 e. The number of hydrogen-bond donors (Lipinski definition) is 1. The summed E-state index contributed by atoms with van der Waals surface area (Å²) in [5.74, 6) is 0.0201. The molecular weight excluding hydrogens is 506 g/mol. The van der Waals surface area contributed by atoms with Gasteiger partial charge in [0.25, 0.3) is 5.91 Å². The molecule has 1 aromatic carbocycles. The molecule has 1 unspecified atom stereocenters. The maximum atomic E-state index is 12.9. The van der Waals surface area contributed by atoms with Crippen LogP contribution in [0.5, 0.6) is 0 Å². The summed E-state index contributed by atoms with van der Waals surface area (Å²) < 4.78 is 36.4.